The molecule has 1 atom stereocenters. The second-order valence-corrected chi connectivity index (χ2v) is 4.41. The molecule has 4 nitrogen and oxygen atoms in total. The van der Waals surface area contributed by atoms with Crippen LogP contribution in [0.4, 0.5) is 0 Å². The van der Waals surface area contributed by atoms with E-state index in [9.17, 15) is 0 Å². The molecule has 0 spiro atoms. The van der Waals surface area contributed by atoms with Crippen molar-refractivity contribution in [2.24, 2.45) is 5.92 Å². The van der Waals surface area contributed by atoms with E-state index in [4.69, 9.17) is 10.00 Å². The van der Waals surface area contributed by atoms with Crippen molar-refractivity contribution in [2.45, 2.75) is 40.5 Å². The van der Waals surface area contributed by atoms with E-state index in [1.54, 1.807) is 0 Å². The second kappa shape index (κ2) is 6.19. The fourth-order valence-electron chi connectivity index (χ4n) is 1.62. The lowest BCUT2D eigenvalue weighted by Gasteiger charge is -2.12. The molecule has 92 valence electrons. The molecule has 0 aliphatic heterocycles. The van der Waals surface area contributed by atoms with Gasteiger partial charge in [0.25, 0.3) is 5.88 Å². The molecule has 0 saturated carbocycles. The van der Waals surface area contributed by atoms with Gasteiger partial charge < -0.3 is 4.74 Å². The molecule has 0 aliphatic rings. The summed E-state index contributed by atoms with van der Waals surface area (Å²) >= 11 is 0. The number of hydrogen-bond donors (Lipinski definition) is 0. The molecule has 17 heavy (non-hydrogen) atoms. The maximum atomic E-state index is 9.09. The summed E-state index contributed by atoms with van der Waals surface area (Å²) in [5, 5.41) is 17.0. The monoisotopic (exact) mass is 233 g/mol. The number of nitriles is 1. The van der Waals surface area contributed by atoms with Crippen molar-refractivity contribution in [3.8, 4) is 11.9 Å². The number of nitrogens with zero attached hydrogens (tertiary/aromatic N) is 3. The Morgan fingerprint density at radius 2 is 2.06 bits per heavy atom. The van der Waals surface area contributed by atoms with Crippen LogP contribution in [-0.4, -0.2) is 16.8 Å². The first kappa shape index (κ1) is 13.4. The standard InChI is InChI=1S/C13H19N3O/c1-5-6-9(2)8-17-13-12(7-14)10(3)11(4)15-16-13/h9H,5-6,8H2,1-4H3. The molecule has 0 radical (unpaired) electrons. The largest absolute Gasteiger partial charge is 0.475 e. The summed E-state index contributed by atoms with van der Waals surface area (Å²) in [5.74, 6) is 0.827. The fraction of sp³-hybridized carbons (Fsp3) is 0.615. The van der Waals surface area contributed by atoms with Gasteiger partial charge in [-0.25, -0.2) is 0 Å². The molecule has 0 amide bonds. The van der Waals surface area contributed by atoms with Crippen molar-refractivity contribution in [1.29, 1.82) is 5.26 Å². The van der Waals surface area contributed by atoms with Crippen LogP contribution in [-0.2, 0) is 0 Å². The summed E-state index contributed by atoms with van der Waals surface area (Å²) in [5.41, 5.74) is 2.12. The third-order valence-corrected chi connectivity index (χ3v) is 2.82. The lowest BCUT2D eigenvalue weighted by Crippen LogP contribution is -2.11. The van der Waals surface area contributed by atoms with Gasteiger partial charge in [-0.1, -0.05) is 20.3 Å². The van der Waals surface area contributed by atoms with Crippen molar-refractivity contribution in [2.75, 3.05) is 6.61 Å². The molecule has 0 saturated heterocycles. The normalized spacial score (nSPS) is 11.9. The number of aromatic nitrogens is 2. The first-order valence-electron chi connectivity index (χ1n) is 5.96. The predicted octanol–water partition coefficient (Wildman–Crippen LogP) is 2.78. The maximum Gasteiger partial charge on any atom is 0.251 e. The lowest BCUT2D eigenvalue weighted by atomic mass is 10.1. The first-order valence-corrected chi connectivity index (χ1v) is 5.96. The molecule has 1 aromatic rings. The topological polar surface area (TPSA) is 58.8 Å². The van der Waals surface area contributed by atoms with Crippen LogP contribution >= 0.6 is 0 Å². The Morgan fingerprint density at radius 1 is 1.35 bits per heavy atom. The Morgan fingerprint density at radius 3 is 2.65 bits per heavy atom. The van der Waals surface area contributed by atoms with Crippen molar-refractivity contribution < 1.29 is 4.74 Å². The Balaban J connectivity index is 2.79. The van der Waals surface area contributed by atoms with Gasteiger partial charge in [0.2, 0.25) is 0 Å². The highest BCUT2D eigenvalue weighted by molar-refractivity contribution is 5.44. The van der Waals surface area contributed by atoms with Gasteiger partial charge in [0, 0.05) is 0 Å². The third-order valence-electron chi connectivity index (χ3n) is 2.82. The van der Waals surface area contributed by atoms with Crippen LogP contribution in [0.3, 0.4) is 0 Å². The zero-order valence-corrected chi connectivity index (χ0v) is 10.9. The van der Waals surface area contributed by atoms with Crippen LogP contribution < -0.4 is 4.74 Å². The van der Waals surface area contributed by atoms with E-state index >= 15 is 0 Å². The predicted molar refractivity (Wildman–Crippen MR) is 65.8 cm³/mol. The van der Waals surface area contributed by atoms with Gasteiger partial charge in [0.15, 0.2) is 0 Å². The summed E-state index contributed by atoms with van der Waals surface area (Å²) < 4.78 is 5.58. The number of ether oxygens (including phenoxy) is 1. The average molecular weight is 233 g/mol. The Kier molecular flexibility index (Phi) is 4.89. The number of aryl methyl sites for hydroxylation is 1. The van der Waals surface area contributed by atoms with Crippen molar-refractivity contribution in [1.82, 2.24) is 10.2 Å². The zero-order valence-electron chi connectivity index (χ0n) is 10.9. The van der Waals surface area contributed by atoms with Gasteiger partial charge in [-0.2, -0.15) is 10.4 Å². The van der Waals surface area contributed by atoms with Gasteiger partial charge in [-0.05, 0) is 31.7 Å². The fourth-order valence-corrected chi connectivity index (χ4v) is 1.62. The first-order chi connectivity index (χ1) is 8.10. The molecule has 0 N–H and O–H groups in total. The summed E-state index contributed by atoms with van der Waals surface area (Å²) in [6.07, 6.45) is 2.24. The van der Waals surface area contributed by atoms with E-state index in [0.717, 1.165) is 24.1 Å². The van der Waals surface area contributed by atoms with Crippen LogP contribution in [0.2, 0.25) is 0 Å². The highest BCUT2D eigenvalue weighted by Crippen LogP contribution is 2.20. The van der Waals surface area contributed by atoms with Gasteiger partial charge in [0.1, 0.15) is 11.6 Å². The minimum atomic E-state index is 0.360. The smallest absolute Gasteiger partial charge is 0.251 e. The molecular formula is C13H19N3O. The Hall–Kier alpha value is -1.63. The number of rotatable bonds is 5. The lowest BCUT2D eigenvalue weighted by molar-refractivity contribution is 0.239. The van der Waals surface area contributed by atoms with Crippen LogP contribution in [0, 0.1) is 31.1 Å². The van der Waals surface area contributed by atoms with Crippen molar-refractivity contribution in [3.05, 3.63) is 16.8 Å². The molecule has 0 aromatic carbocycles. The Bertz CT molecular complexity index is 423. The van der Waals surface area contributed by atoms with Crippen LogP contribution in [0.15, 0.2) is 0 Å². The van der Waals surface area contributed by atoms with Crippen molar-refractivity contribution in [3.63, 3.8) is 0 Å². The molecule has 0 fully saturated rings. The third kappa shape index (κ3) is 3.42. The number of hydrogen-bond acceptors (Lipinski definition) is 4. The molecule has 1 heterocycles. The minimum absolute atomic E-state index is 0.360. The van der Waals surface area contributed by atoms with Gasteiger partial charge in [0.05, 0.1) is 12.3 Å². The quantitative estimate of drug-likeness (QED) is 0.784. The van der Waals surface area contributed by atoms with E-state index in [2.05, 4.69) is 30.1 Å². The van der Waals surface area contributed by atoms with E-state index in [1.165, 1.54) is 0 Å². The van der Waals surface area contributed by atoms with Gasteiger partial charge >= 0.3 is 0 Å². The maximum absolute atomic E-state index is 9.09. The minimum Gasteiger partial charge on any atom is -0.475 e. The van der Waals surface area contributed by atoms with E-state index in [1.807, 2.05) is 13.8 Å². The molecule has 0 bridgehead atoms. The second-order valence-electron chi connectivity index (χ2n) is 4.41. The van der Waals surface area contributed by atoms with Crippen molar-refractivity contribution >= 4 is 0 Å². The summed E-state index contributed by atoms with van der Waals surface area (Å²) in [6, 6.07) is 2.13. The molecular weight excluding hydrogens is 214 g/mol. The van der Waals surface area contributed by atoms with E-state index in [0.29, 0.717) is 24.0 Å². The Labute approximate surface area is 103 Å². The molecule has 0 aliphatic carbocycles. The molecule has 1 rings (SSSR count). The van der Waals surface area contributed by atoms with Crippen LogP contribution in [0.5, 0.6) is 5.88 Å². The summed E-state index contributed by atoms with van der Waals surface area (Å²) in [4.78, 5) is 0. The zero-order chi connectivity index (χ0) is 12.8. The van der Waals surface area contributed by atoms with E-state index < -0.39 is 0 Å². The summed E-state index contributed by atoms with van der Waals surface area (Å²) in [7, 11) is 0. The van der Waals surface area contributed by atoms with Crippen LogP contribution in [0.25, 0.3) is 0 Å². The van der Waals surface area contributed by atoms with Crippen LogP contribution in [0.1, 0.15) is 43.5 Å². The van der Waals surface area contributed by atoms with Gasteiger partial charge in [-0.15, -0.1) is 5.10 Å². The SMILES string of the molecule is CCCC(C)COc1nnc(C)c(C)c1C#N. The summed E-state index contributed by atoms with van der Waals surface area (Å²) in [6.45, 7) is 8.56. The van der Waals surface area contributed by atoms with Gasteiger partial charge in [-0.3, -0.25) is 0 Å². The highest BCUT2D eigenvalue weighted by atomic mass is 16.5. The molecule has 1 unspecified atom stereocenters. The molecule has 4 heteroatoms. The van der Waals surface area contributed by atoms with E-state index in [-0.39, 0.29) is 0 Å². The molecule has 1 aromatic heterocycles. The average Bonchev–Trinajstić information content (AvgIpc) is 2.31. The highest BCUT2D eigenvalue weighted by Gasteiger charge is 2.12.